The van der Waals surface area contributed by atoms with Gasteiger partial charge in [0.05, 0.1) is 0 Å². The Balaban J connectivity index is 1.93. The lowest BCUT2D eigenvalue weighted by molar-refractivity contribution is 0.209. The SMILES string of the molecule is CN(C)CC1(CN=C(N)N2CCSCC2)CCCC1. The average Bonchev–Trinajstić information content (AvgIpc) is 2.85. The van der Waals surface area contributed by atoms with Gasteiger partial charge in [0.1, 0.15) is 0 Å². The molecule has 0 amide bonds. The van der Waals surface area contributed by atoms with Crippen molar-refractivity contribution >= 4 is 17.7 Å². The van der Waals surface area contributed by atoms with Gasteiger partial charge in [-0.2, -0.15) is 11.8 Å². The van der Waals surface area contributed by atoms with Crippen molar-refractivity contribution in [3.05, 3.63) is 0 Å². The third-order valence-corrected chi connectivity index (χ3v) is 5.17. The summed E-state index contributed by atoms with van der Waals surface area (Å²) < 4.78 is 0. The van der Waals surface area contributed by atoms with Crippen molar-refractivity contribution in [2.75, 3.05) is 51.8 Å². The van der Waals surface area contributed by atoms with Crippen LogP contribution in [0.15, 0.2) is 4.99 Å². The van der Waals surface area contributed by atoms with Gasteiger partial charge in [-0.05, 0) is 26.9 Å². The molecular formula is C14H28N4S. The first-order chi connectivity index (χ1) is 9.11. The Morgan fingerprint density at radius 3 is 2.47 bits per heavy atom. The summed E-state index contributed by atoms with van der Waals surface area (Å²) >= 11 is 2.01. The van der Waals surface area contributed by atoms with Crippen LogP contribution in [0.2, 0.25) is 0 Å². The van der Waals surface area contributed by atoms with E-state index in [2.05, 4.69) is 23.9 Å². The summed E-state index contributed by atoms with van der Waals surface area (Å²) in [6, 6.07) is 0. The summed E-state index contributed by atoms with van der Waals surface area (Å²) in [6.07, 6.45) is 5.31. The minimum atomic E-state index is 0.374. The van der Waals surface area contributed by atoms with Crippen LogP contribution in [0.5, 0.6) is 0 Å². The molecule has 1 saturated heterocycles. The number of guanidine groups is 1. The molecule has 0 bridgehead atoms. The van der Waals surface area contributed by atoms with Gasteiger partial charge < -0.3 is 15.5 Å². The Bertz CT molecular complexity index is 305. The summed E-state index contributed by atoms with van der Waals surface area (Å²) in [7, 11) is 4.32. The predicted molar refractivity (Wildman–Crippen MR) is 84.8 cm³/mol. The molecule has 2 rings (SSSR count). The van der Waals surface area contributed by atoms with Crippen LogP contribution in [0, 0.1) is 5.41 Å². The quantitative estimate of drug-likeness (QED) is 0.627. The number of nitrogens with two attached hydrogens (primary N) is 1. The first-order valence-corrected chi connectivity index (χ1v) is 8.54. The van der Waals surface area contributed by atoms with Crippen LogP contribution in [-0.4, -0.2) is 67.5 Å². The molecule has 2 aliphatic rings. The van der Waals surface area contributed by atoms with Gasteiger partial charge in [-0.15, -0.1) is 0 Å². The van der Waals surface area contributed by atoms with Crippen LogP contribution in [0.3, 0.4) is 0 Å². The Labute approximate surface area is 121 Å². The monoisotopic (exact) mass is 284 g/mol. The highest BCUT2D eigenvalue weighted by Gasteiger charge is 2.34. The number of hydrogen-bond acceptors (Lipinski definition) is 3. The molecule has 2 N–H and O–H groups in total. The highest BCUT2D eigenvalue weighted by Crippen LogP contribution is 2.38. The lowest BCUT2D eigenvalue weighted by Gasteiger charge is -2.32. The maximum absolute atomic E-state index is 6.17. The van der Waals surface area contributed by atoms with Gasteiger partial charge >= 0.3 is 0 Å². The second-order valence-corrected chi connectivity index (χ2v) is 7.44. The van der Waals surface area contributed by atoms with E-state index in [1.54, 1.807) is 0 Å². The summed E-state index contributed by atoms with van der Waals surface area (Å²) in [5.74, 6) is 3.13. The van der Waals surface area contributed by atoms with E-state index in [0.717, 1.165) is 32.1 Å². The smallest absolute Gasteiger partial charge is 0.191 e. The lowest BCUT2D eigenvalue weighted by Crippen LogP contribution is -2.43. The van der Waals surface area contributed by atoms with E-state index in [1.807, 2.05) is 11.8 Å². The minimum absolute atomic E-state index is 0.374. The van der Waals surface area contributed by atoms with E-state index in [0.29, 0.717) is 5.41 Å². The van der Waals surface area contributed by atoms with Crippen molar-refractivity contribution in [3.63, 3.8) is 0 Å². The number of rotatable bonds is 4. The number of aliphatic imine (C=N–C) groups is 1. The van der Waals surface area contributed by atoms with E-state index in [4.69, 9.17) is 10.7 Å². The largest absolute Gasteiger partial charge is 0.370 e. The van der Waals surface area contributed by atoms with Crippen LogP contribution in [0.1, 0.15) is 25.7 Å². The first-order valence-electron chi connectivity index (χ1n) is 7.39. The fourth-order valence-corrected chi connectivity index (χ4v) is 4.21. The number of thioether (sulfide) groups is 1. The molecule has 1 heterocycles. The van der Waals surface area contributed by atoms with Crippen LogP contribution >= 0.6 is 11.8 Å². The fourth-order valence-electron chi connectivity index (χ4n) is 3.30. The molecule has 0 aromatic heterocycles. The van der Waals surface area contributed by atoms with Crippen molar-refractivity contribution < 1.29 is 0 Å². The van der Waals surface area contributed by atoms with Gasteiger partial charge in [0, 0.05) is 43.1 Å². The maximum Gasteiger partial charge on any atom is 0.191 e. The molecule has 1 aliphatic heterocycles. The maximum atomic E-state index is 6.17. The Kier molecular flexibility index (Phi) is 5.39. The fraction of sp³-hybridized carbons (Fsp3) is 0.929. The zero-order valence-electron chi connectivity index (χ0n) is 12.4. The predicted octanol–water partition coefficient (Wildman–Crippen LogP) is 1.47. The second kappa shape index (κ2) is 6.84. The Hall–Kier alpha value is -0.420. The van der Waals surface area contributed by atoms with E-state index in [1.165, 1.54) is 37.2 Å². The van der Waals surface area contributed by atoms with Crippen LogP contribution < -0.4 is 5.73 Å². The Morgan fingerprint density at radius 1 is 1.26 bits per heavy atom. The number of hydrogen-bond donors (Lipinski definition) is 1. The summed E-state index contributed by atoms with van der Waals surface area (Å²) in [4.78, 5) is 9.28. The molecular weight excluding hydrogens is 256 g/mol. The van der Waals surface area contributed by atoms with Crippen molar-refractivity contribution in [1.82, 2.24) is 9.80 Å². The second-order valence-electron chi connectivity index (χ2n) is 6.22. The zero-order chi connectivity index (χ0) is 13.7. The molecule has 1 saturated carbocycles. The molecule has 4 nitrogen and oxygen atoms in total. The van der Waals surface area contributed by atoms with Crippen molar-refractivity contribution in [2.24, 2.45) is 16.1 Å². The standard InChI is InChI=1S/C14H28N4S/c1-17(2)12-14(5-3-4-6-14)11-16-13(15)18-7-9-19-10-8-18/h3-12H2,1-2H3,(H2,15,16). The van der Waals surface area contributed by atoms with Gasteiger partial charge in [0.2, 0.25) is 0 Å². The van der Waals surface area contributed by atoms with E-state index < -0.39 is 0 Å². The summed E-state index contributed by atoms with van der Waals surface area (Å²) in [5, 5.41) is 0. The van der Waals surface area contributed by atoms with Crippen molar-refractivity contribution in [1.29, 1.82) is 0 Å². The van der Waals surface area contributed by atoms with Crippen LogP contribution in [-0.2, 0) is 0 Å². The molecule has 0 atom stereocenters. The van der Waals surface area contributed by atoms with Gasteiger partial charge in [0.25, 0.3) is 0 Å². The third kappa shape index (κ3) is 4.28. The highest BCUT2D eigenvalue weighted by molar-refractivity contribution is 7.99. The third-order valence-electron chi connectivity index (χ3n) is 4.23. The van der Waals surface area contributed by atoms with Crippen molar-refractivity contribution in [3.8, 4) is 0 Å². The lowest BCUT2D eigenvalue weighted by atomic mass is 9.86. The van der Waals surface area contributed by atoms with Crippen LogP contribution in [0.25, 0.3) is 0 Å². The molecule has 1 aliphatic carbocycles. The van der Waals surface area contributed by atoms with Gasteiger partial charge in [-0.1, -0.05) is 12.8 Å². The number of nitrogens with zero attached hydrogens (tertiary/aromatic N) is 3. The first kappa shape index (κ1) is 15.0. The molecule has 110 valence electrons. The van der Waals surface area contributed by atoms with Crippen LogP contribution in [0.4, 0.5) is 0 Å². The molecule has 0 radical (unpaired) electrons. The molecule has 19 heavy (non-hydrogen) atoms. The minimum Gasteiger partial charge on any atom is -0.370 e. The summed E-state index contributed by atoms with van der Waals surface area (Å²) in [5.41, 5.74) is 6.54. The molecule has 2 fully saturated rings. The van der Waals surface area contributed by atoms with E-state index in [-0.39, 0.29) is 0 Å². The zero-order valence-corrected chi connectivity index (χ0v) is 13.2. The van der Waals surface area contributed by atoms with Gasteiger partial charge in [-0.25, -0.2) is 0 Å². The summed E-state index contributed by atoms with van der Waals surface area (Å²) in [6.45, 7) is 4.15. The molecule has 0 unspecified atom stereocenters. The molecule has 0 aromatic carbocycles. The normalized spacial score (nSPS) is 24.2. The van der Waals surface area contributed by atoms with Gasteiger partial charge in [0.15, 0.2) is 5.96 Å². The topological polar surface area (TPSA) is 44.9 Å². The van der Waals surface area contributed by atoms with E-state index >= 15 is 0 Å². The Morgan fingerprint density at radius 2 is 1.89 bits per heavy atom. The molecule has 5 heteroatoms. The van der Waals surface area contributed by atoms with E-state index in [9.17, 15) is 0 Å². The highest BCUT2D eigenvalue weighted by atomic mass is 32.2. The van der Waals surface area contributed by atoms with Gasteiger partial charge in [-0.3, -0.25) is 4.99 Å². The van der Waals surface area contributed by atoms with Crippen molar-refractivity contribution in [2.45, 2.75) is 25.7 Å². The molecule has 0 spiro atoms. The average molecular weight is 284 g/mol. The molecule has 0 aromatic rings.